The standard InChI is InChI=1S/C14H17BrN2O/c1-10(2)17-12(8-16-14(17)15)9-18-13-6-4-5-11(3)7-13/h4-8,10H,9H2,1-3H3. The average molecular weight is 309 g/mol. The first kappa shape index (κ1) is 13.1. The molecule has 0 amide bonds. The van der Waals surface area contributed by atoms with Gasteiger partial charge in [0.1, 0.15) is 12.4 Å². The highest BCUT2D eigenvalue weighted by Gasteiger charge is 2.11. The summed E-state index contributed by atoms with van der Waals surface area (Å²) in [5.41, 5.74) is 2.27. The van der Waals surface area contributed by atoms with Crippen LogP contribution in [0.1, 0.15) is 31.1 Å². The predicted molar refractivity (Wildman–Crippen MR) is 75.8 cm³/mol. The summed E-state index contributed by atoms with van der Waals surface area (Å²) in [6.07, 6.45) is 1.85. The fraction of sp³-hybridized carbons (Fsp3) is 0.357. The Labute approximate surface area is 116 Å². The van der Waals surface area contributed by atoms with Crippen LogP contribution in [-0.4, -0.2) is 9.55 Å². The molecule has 2 rings (SSSR count). The van der Waals surface area contributed by atoms with Crippen molar-refractivity contribution in [3.63, 3.8) is 0 Å². The van der Waals surface area contributed by atoms with Crippen molar-refractivity contribution in [1.29, 1.82) is 0 Å². The molecule has 2 aromatic rings. The first-order chi connectivity index (χ1) is 8.58. The number of halogens is 1. The van der Waals surface area contributed by atoms with Crippen LogP contribution < -0.4 is 4.74 Å². The van der Waals surface area contributed by atoms with Crippen molar-refractivity contribution >= 4 is 15.9 Å². The Bertz CT molecular complexity index is 534. The molecule has 0 bridgehead atoms. The summed E-state index contributed by atoms with van der Waals surface area (Å²) >= 11 is 3.45. The number of nitrogens with zero attached hydrogens (tertiary/aromatic N) is 2. The molecule has 0 aliphatic rings. The van der Waals surface area contributed by atoms with Gasteiger partial charge in [-0.05, 0) is 54.4 Å². The molecule has 0 spiro atoms. The van der Waals surface area contributed by atoms with E-state index in [1.54, 1.807) is 0 Å². The Morgan fingerprint density at radius 2 is 2.17 bits per heavy atom. The molecule has 0 atom stereocenters. The van der Waals surface area contributed by atoms with E-state index in [9.17, 15) is 0 Å². The average Bonchev–Trinajstić information content (AvgIpc) is 2.68. The number of aromatic nitrogens is 2. The first-order valence-corrected chi connectivity index (χ1v) is 6.78. The smallest absolute Gasteiger partial charge is 0.177 e. The molecule has 3 nitrogen and oxygen atoms in total. The molecule has 0 saturated carbocycles. The predicted octanol–water partition coefficient (Wildman–Crippen LogP) is 4.11. The van der Waals surface area contributed by atoms with E-state index in [1.807, 2.05) is 24.4 Å². The number of imidazole rings is 1. The van der Waals surface area contributed by atoms with E-state index in [2.05, 4.69) is 52.3 Å². The number of hydrogen-bond donors (Lipinski definition) is 0. The summed E-state index contributed by atoms with van der Waals surface area (Å²) in [6.45, 7) is 6.84. The van der Waals surface area contributed by atoms with Crippen LogP contribution >= 0.6 is 15.9 Å². The van der Waals surface area contributed by atoms with Crippen LogP contribution in [0.15, 0.2) is 35.2 Å². The van der Waals surface area contributed by atoms with Gasteiger partial charge < -0.3 is 9.30 Å². The molecular weight excluding hydrogens is 292 g/mol. The van der Waals surface area contributed by atoms with Crippen molar-refractivity contribution < 1.29 is 4.74 Å². The summed E-state index contributed by atoms with van der Waals surface area (Å²) in [5.74, 6) is 0.891. The normalized spacial score (nSPS) is 10.9. The van der Waals surface area contributed by atoms with Gasteiger partial charge >= 0.3 is 0 Å². The maximum Gasteiger partial charge on any atom is 0.177 e. The molecule has 0 aliphatic heterocycles. The number of ether oxygens (including phenoxy) is 1. The van der Waals surface area contributed by atoms with Gasteiger partial charge in [-0.25, -0.2) is 4.98 Å². The van der Waals surface area contributed by atoms with Gasteiger partial charge in [-0.1, -0.05) is 12.1 Å². The van der Waals surface area contributed by atoms with Crippen molar-refractivity contribution in [2.45, 2.75) is 33.4 Å². The van der Waals surface area contributed by atoms with Crippen molar-refractivity contribution in [3.8, 4) is 5.75 Å². The van der Waals surface area contributed by atoms with Crippen LogP contribution in [-0.2, 0) is 6.61 Å². The largest absolute Gasteiger partial charge is 0.487 e. The molecule has 0 unspecified atom stereocenters. The molecule has 1 heterocycles. The molecule has 0 radical (unpaired) electrons. The fourth-order valence-corrected chi connectivity index (χ4v) is 2.62. The van der Waals surface area contributed by atoms with Gasteiger partial charge in [-0.15, -0.1) is 0 Å². The van der Waals surface area contributed by atoms with E-state index in [1.165, 1.54) is 5.56 Å². The van der Waals surface area contributed by atoms with E-state index in [0.29, 0.717) is 12.6 Å². The Morgan fingerprint density at radius 3 is 2.83 bits per heavy atom. The quantitative estimate of drug-likeness (QED) is 0.849. The van der Waals surface area contributed by atoms with E-state index >= 15 is 0 Å². The Kier molecular flexibility index (Phi) is 4.07. The van der Waals surface area contributed by atoms with Gasteiger partial charge in [-0.2, -0.15) is 0 Å². The lowest BCUT2D eigenvalue weighted by Gasteiger charge is -2.14. The van der Waals surface area contributed by atoms with Crippen LogP contribution in [0.5, 0.6) is 5.75 Å². The van der Waals surface area contributed by atoms with Gasteiger partial charge in [0, 0.05) is 6.04 Å². The molecule has 0 fully saturated rings. The SMILES string of the molecule is Cc1cccc(OCc2cnc(Br)n2C(C)C)c1. The minimum Gasteiger partial charge on any atom is -0.487 e. The molecule has 0 aliphatic carbocycles. The van der Waals surface area contributed by atoms with Crippen LogP contribution in [0.2, 0.25) is 0 Å². The van der Waals surface area contributed by atoms with Gasteiger partial charge in [0.2, 0.25) is 0 Å². The Morgan fingerprint density at radius 1 is 1.39 bits per heavy atom. The topological polar surface area (TPSA) is 27.1 Å². The first-order valence-electron chi connectivity index (χ1n) is 5.99. The van der Waals surface area contributed by atoms with E-state index in [0.717, 1.165) is 16.2 Å². The third-order valence-electron chi connectivity index (χ3n) is 2.72. The van der Waals surface area contributed by atoms with E-state index < -0.39 is 0 Å². The molecule has 1 aromatic carbocycles. The second-order valence-electron chi connectivity index (χ2n) is 4.59. The van der Waals surface area contributed by atoms with Gasteiger partial charge in [0.25, 0.3) is 0 Å². The zero-order valence-corrected chi connectivity index (χ0v) is 12.4. The highest BCUT2D eigenvalue weighted by atomic mass is 79.9. The Hall–Kier alpha value is -1.29. The number of rotatable bonds is 4. The maximum absolute atomic E-state index is 5.80. The minimum absolute atomic E-state index is 0.359. The van der Waals surface area contributed by atoms with Gasteiger partial charge in [-0.3, -0.25) is 0 Å². The number of hydrogen-bond acceptors (Lipinski definition) is 2. The maximum atomic E-state index is 5.80. The van der Waals surface area contributed by atoms with E-state index in [4.69, 9.17) is 4.74 Å². The molecule has 96 valence electrons. The lowest BCUT2D eigenvalue weighted by molar-refractivity contribution is 0.291. The van der Waals surface area contributed by atoms with Crippen molar-refractivity contribution in [3.05, 3.63) is 46.5 Å². The molecule has 0 saturated heterocycles. The van der Waals surface area contributed by atoms with Crippen molar-refractivity contribution in [2.24, 2.45) is 0 Å². The second-order valence-corrected chi connectivity index (χ2v) is 5.30. The van der Waals surface area contributed by atoms with E-state index in [-0.39, 0.29) is 0 Å². The monoisotopic (exact) mass is 308 g/mol. The zero-order chi connectivity index (χ0) is 13.1. The molecule has 0 N–H and O–H groups in total. The van der Waals surface area contributed by atoms with Crippen LogP contribution in [0.25, 0.3) is 0 Å². The third kappa shape index (κ3) is 2.93. The number of benzene rings is 1. The van der Waals surface area contributed by atoms with Crippen LogP contribution in [0.4, 0.5) is 0 Å². The van der Waals surface area contributed by atoms with Crippen molar-refractivity contribution in [2.75, 3.05) is 0 Å². The van der Waals surface area contributed by atoms with Crippen LogP contribution in [0.3, 0.4) is 0 Å². The Balaban J connectivity index is 2.11. The van der Waals surface area contributed by atoms with Crippen molar-refractivity contribution in [1.82, 2.24) is 9.55 Å². The zero-order valence-electron chi connectivity index (χ0n) is 10.9. The van der Waals surface area contributed by atoms with Gasteiger partial charge in [0.05, 0.1) is 11.9 Å². The number of aryl methyl sites for hydroxylation is 1. The minimum atomic E-state index is 0.359. The van der Waals surface area contributed by atoms with Crippen LogP contribution in [0, 0.1) is 6.92 Å². The molecular formula is C14H17BrN2O. The summed E-state index contributed by atoms with van der Waals surface area (Å²) in [4.78, 5) is 4.27. The highest BCUT2D eigenvalue weighted by Crippen LogP contribution is 2.20. The summed E-state index contributed by atoms with van der Waals surface area (Å²) in [7, 11) is 0. The molecule has 18 heavy (non-hydrogen) atoms. The highest BCUT2D eigenvalue weighted by molar-refractivity contribution is 9.10. The third-order valence-corrected chi connectivity index (χ3v) is 3.31. The van der Waals surface area contributed by atoms with Gasteiger partial charge in [0.15, 0.2) is 4.73 Å². The molecule has 4 heteroatoms. The lowest BCUT2D eigenvalue weighted by Crippen LogP contribution is -2.08. The summed E-state index contributed by atoms with van der Waals surface area (Å²) in [5, 5.41) is 0. The summed E-state index contributed by atoms with van der Waals surface area (Å²) < 4.78 is 8.76. The second kappa shape index (κ2) is 5.57. The summed E-state index contributed by atoms with van der Waals surface area (Å²) in [6, 6.07) is 8.42. The molecule has 1 aromatic heterocycles. The fourth-order valence-electron chi connectivity index (χ4n) is 1.88. The lowest BCUT2D eigenvalue weighted by atomic mass is 10.2.